The second kappa shape index (κ2) is 8.95. The van der Waals surface area contributed by atoms with Crippen LogP contribution >= 0.6 is 22.6 Å². The molecule has 0 heterocycles. The molecular weight excluding hydrogens is 366 g/mol. The summed E-state index contributed by atoms with van der Waals surface area (Å²) in [5, 5.41) is 0. The molecule has 1 aromatic carbocycles. The summed E-state index contributed by atoms with van der Waals surface area (Å²) in [6, 6.07) is 3.97. The summed E-state index contributed by atoms with van der Waals surface area (Å²) in [4.78, 5) is 4.29. The molecule has 0 unspecified atom stereocenters. The molecule has 0 atom stereocenters. The molecule has 0 saturated heterocycles. The van der Waals surface area contributed by atoms with Gasteiger partial charge in [-0.1, -0.05) is 0 Å². The van der Waals surface area contributed by atoms with Gasteiger partial charge >= 0.3 is 0 Å². The Morgan fingerprint density at radius 2 is 1.30 bits per heavy atom. The molecule has 0 aromatic heterocycles. The van der Waals surface area contributed by atoms with Crippen molar-refractivity contribution in [2.45, 2.75) is 25.7 Å². The van der Waals surface area contributed by atoms with Gasteiger partial charge in [0, 0.05) is 3.57 Å². The van der Waals surface area contributed by atoms with Crippen molar-refractivity contribution < 1.29 is 4.39 Å². The quantitative estimate of drug-likeness (QED) is 0.626. The van der Waals surface area contributed by atoms with E-state index in [2.05, 4.69) is 60.6 Å². The first kappa shape index (κ1) is 17.9. The van der Waals surface area contributed by atoms with Crippen molar-refractivity contribution in [2.75, 3.05) is 41.3 Å². The van der Waals surface area contributed by atoms with Crippen molar-refractivity contribution >= 4 is 22.6 Å². The Morgan fingerprint density at radius 3 is 1.65 bits per heavy atom. The van der Waals surface area contributed by atoms with Gasteiger partial charge in [-0.05, 0) is 113 Å². The fourth-order valence-corrected chi connectivity index (χ4v) is 2.99. The maximum Gasteiger partial charge on any atom is 0.129 e. The number of hydrogen-bond donors (Lipinski definition) is 0. The normalized spacial score (nSPS) is 11.6. The Bertz CT molecular complexity index is 384. The van der Waals surface area contributed by atoms with Crippen LogP contribution in [0.2, 0.25) is 0 Å². The Balaban J connectivity index is 2.68. The number of aryl methyl sites for hydroxylation is 2. The number of rotatable bonds is 8. The van der Waals surface area contributed by atoms with Crippen LogP contribution < -0.4 is 0 Å². The van der Waals surface area contributed by atoms with E-state index in [0.29, 0.717) is 0 Å². The third-order valence-corrected chi connectivity index (χ3v) is 3.91. The van der Waals surface area contributed by atoms with Crippen LogP contribution in [-0.2, 0) is 12.8 Å². The second-order valence-corrected chi connectivity index (χ2v) is 7.10. The summed E-state index contributed by atoms with van der Waals surface area (Å²) < 4.78 is 15.6. The third-order valence-electron chi connectivity index (χ3n) is 3.29. The third kappa shape index (κ3) is 6.50. The van der Waals surface area contributed by atoms with Crippen LogP contribution in [0, 0.1) is 9.39 Å². The minimum atomic E-state index is 0.0166. The van der Waals surface area contributed by atoms with Crippen LogP contribution in [0.5, 0.6) is 0 Å². The van der Waals surface area contributed by atoms with Crippen LogP contribution in [0.25, 0.3) is 0 Å². The number of hydrogen-bond acceptors (Lipinski definition) is 2. The molecule has 0 fully saturated rings. The van der Waals surface area contributed by atoms with Gasteiger partial charge in [0.2, 0.25) is 0 Å². The summed E-state index contributed by atoms with van der Waals surface area (Å²) in [5.74, 6) is 0.0166. The lowest BCUT2D eigenvalue weighted by Crippen LogP contribution is -2.15. The average Bonchev–Trinajstić information content (AvgIpc) is 2.33. The summed E-state index contributed by atoms with van der Waals surface area (Å²) in [6.45, 7) is 2.00. The van der Waals surface area contributed by atoms with Gasteiger partial charge in [-0.15, -0.1) is 0 Å². The maximum absolute atomic E-state index is 14.5. The van der Waals surface area contributed by atoms with E-state index < -0.39 is 0 Å². The van der Waals surface area contributed by atoms with Crippen LogP contribution in [-0.4, -0.2) is 51.1 Å². The maximum atomic E-state index is 14.5. The zero-order valence-electron chi connectivity index (χ0n) is 13.0. The lowest BCUT2D eigenvalue weighted by atomic mass is 10.0. The van der Waals surface area contributed by atoms with E-state index in [4.69, 9.17) is 0 Å². The van der Waals surface area contributed by atoms with Gasteiger partial charge in [-0.25, -0.2) is 4.39 Å². The SMILES string of the molecule is CN(C)CCCc1cc(I)cc(CCCN(C)C)c1F. The fourth-order valence-electron chi connectivity index (χ4n) is 2.24. The number of halogens is 2. The molecule has 2 nitrogen and oxygen atoms in total. The van der Waals surface area contributed by atoms with Crippen molar-refractivity contribution in [3.05, 3.63) is 32.6 Å². The van der Waals surface area contributed by atoms with E-state index in [1.807, 2.05) is 12.1 Å². The smallest absolute Gasteiger partial charge is 0.129 e. The van der Waals surface area contributed by atoms with Crippen molar-refractivity contribution in [1.29, 1.82) is 0 Å². The topological polar surface area (TPSA) is 6.48 Å². The molecule has 0 radical (unpaired) electrons. The van der Waals surface area contributed by atoms with E-state index in [1.165, 1.54) is 0 Å². The van der Waals surface area contributed by atoms with E-state index in [-0.39, 0.29) is 5.82 Å². The average molecular weight is 392 g/mol. The summed E-state index contributed by atoms with van der Waals surface area (Å²) in [7, 11) is 8.21. The molecule has 0 aliphatic rings. The van der Waals surface area contributed by atoms with Gasteiger partial charge in [-0.2, -0.15) is 0 Å². The summed E-state index contributed by atoms with van der Waals surface area (Å²) in [5.41, 5.74) is 1.75. The largest absolute Gasteiger partial charge is 0.309 e. The fraction of sp³-hybridized carbons (Fsp3) is 0.625. The first-order valence-corrected chi connectivity index (χ1v) is 8.24. The predicted molar refractivity (Wildman–Crippen MR) is 92.9 cm³/mol. The van der Waals surface area contributed by atoms with Crippen LogP contribution in [0.3, 0.4) is 0 Å². The monoisotopic (exact) mass is 392 g/mol. The van der Waals surface area contributed by atoms with Crippen molar-refractivity contribution in [1.82, 2.24) is 9.80 Å². The molecule has 1 rings (SSSR count). The molecule has 0 saturated carbocycles. The Hall–Kier alpha value is -0.200. The van der Waals surface area contributed by atoms with Gasteiger partial charge in [0.15, 0.2) is 0 Å². The Kier molecular flexibility index (Phi) is 7.99. The molecule has 114 valence electrons. The van der Waals surface area contributed by atoms with E-state index in [1.54, 1.807) is 0 Å². The molecule has 20 heavy (non-hydrogen) atoms. The number of nitrogens with zero attached hydrogens (tertiary/aromatic N) is 2. The first-order valence-electron chi connectivity index (χ1n) is 7.16. The molecular formula is C16H26FIN2. The minimum absolute atomic E-state index is 0.0166. The van der Waals surface area contributed by atoms with Crippen molar-refractivity contribution in [3.63, 3.8) is 0 Å². The van der Waals surface area contributed by atoms with Gasteiger partial charge in [0.05, 0.1) is 0 Å². The predicted octanol–water partition coefficient (Wildman–Crippen LogP) is 3.42. The molecule has 0 aliphatic carbocycles. The molecule has 4 heteroatoms. The molecule has 0 N–H and O–H groups in total. The van der Waals surface area contributed by atoms with Crippen molar-refractivity contribution in [3.8, 4) is 0 Å². The molecule has 0 aliphatic heterocycles. The van der Waals surface area contributed by atoms with Gasteiger partial charge in [-0.3, -0.25) is 0 Å². The standard InChI is InChI=1S/C16H26FIN2/c1-19(2)9-5-7-13-11-15(18)12-14(16(13)17)8-6-10-20(3)4/h11-12H,5-10H2,1-4H3. The highest BCUT2D eigenvalue weighted by molar-refractivity contribution is 14.1. The second-order valence-electron chi connectivity index (χ2n) is 5.85. The lowest BCUT2D eigenvalue weighted by Gasteiger charge is -2.13. The highest BCUT2D eigenvalue weighted by Crippen LogP contribution is 2.20. The molecule has 0 amide bonds. The van der Waals surface area contributed by atoms with Crippen molar-refractivity contribution in [2.24, 2.45) is 0 Å². The molecule has 1 aromatic rings. The van der Waals surface area contributed by atoms with Gasteiger partial charge in [0.1, 0.15) is 5.82 Å². The van der Waals surface area contributed by atoms with Crippen LogP contribution in [0.1, 0.15) is 24.0 Å². The highest BCUT2D eigenvalue weighted by atomic mass is 127. The zero-order valence-corrected chi connectivity index (χ0v) is 15.2. The Morgan fingerprint density at radius 1 is 0.900 bits per heavy atom. The van der Waals surface area contributed by atoms with Crippen LogP contribution in [0.15, 0.2) is 12.1 Å². The summed E-state index contributed by atoms with van der Waals surface area (Å²) in [6.07, 6.45) is 3.64. The lowest BCUT2D eigenvalue weighted by molar-refractivity contribution is 0.396. The van der Waals surface area contributed by atoms with Gasteiger partial charge < -0.3 is 9.80 Å². The minimum Gasteiger partial charge on any atom is -0.309 e. The highest BCUT2D eigenvalue weighted by Gasteiger charge is 2.10. The van der Waals surface area contributed by atoms with E-state index >= 15 is 0 Å². The molecule has 0 spiro atoms. The molecule has 0 bridgehead atoms. The zero-order chi connectivity index (χ0) is 15.1. The van der Waals surface area contributed by atoms with E-state index in [0.717, 1.165) is 53.5 Å². The number of benzene rings is 1. The Labute approximate surface area is 136 Å². The summed E-state index contributed by atoms with van der Waals surface area (Å²) >= 11 is 2.29. The van der Waals surface area contributed by atoms with E-state index in [9.17, 15) is 4.39 Å². The van der Waals surface area contributed by atoms with Crippen LogP contribution in [0.4, 0.5) is 4.39 Å². The first-order chi connectivity index (χ1) is 9.40. The van der Waals surface area contributed by atoms with Gasteiger partial charge in [0.25, 0.3) is 0 Å².